The molecule has 0 saturated carbocycles. The van der Waals surface area contributed by atoms with Crippen molar-refractivity contribution >= 4 is 56.6 Å². The first kappa shape index (κ1) is 20.9. The molecule has 0 aliphatic rings. The van der Waals surface area contributed by atoms with Gasteiger partial charge < -0.3 is 20.7 Å². The van der Waals surface area contributed by atoms with Gasteiger partial charge >= 0.3 is 0 Å². The molecule has 0 aliphatic heterocycles. The third-order valence-corrected chi connectivity index (χ3v) is 4.04. The first-order valence-corrected chi connectivity index (χ1v) is 8.84. The number of benzene rings is 1. The largest absolute Gasteiger partial charge is 0.380 e. The van der Waals surface area contributed by atoms with Gasteiger partial charge in [-0.3, -0.25) is 4.99 Å². The zero-order valence-electron chi connectivity index (χ0n) is 14.2. The minimum Gasteiger partial charge on any atom is -0.380 e. The predicted molar refractivity (Wildman–Crippen MR) is 114 cm³/mol. The van der Waals surface area contributed by atoms with Crippen molar-refractivity contribution in [1.29, 1.82) is 0 Å². The Labute approximate surface area is 164 Å². The number of aromatic nitrogens is 1. The Balaban J connectivity index is 0.00000288. The van der Waals surface area contributed by atoms with E-state index >= 15 is 0 Å². The summed E-state index contributed by atoms with van der Waals surface area (Å²) in [6.45, 7) is 8.48. The number of aliphatic imine (C=N–C) groups is 1. The summed E-state index contributed by atoms with van der Waals surface area (Å²) in [5, 5.41) is 10.8. The van der Waals surface area contributed by atoms with Crippen molar-refractivity contribution in [2.75, 3.05) is 44.7 Å². The first-order chi connectivity index (χ1) is 11.3. The van der Waals surface area contributed by atoms with Crippen molar-refractivity contribution in [3.8, 4) is 0 Å². The van der Waals surface area contributed by atoms with Gasteiger partial charge in [-0.1, -0.05) is 23.5 Å². The molecule has 0 aliphatic carbocycles. The van der Waals surface area contributed by atoms with Crippen LogP contribution in [0.1, 0.15) is 13.8 Å². The molecule has 6 nitrogen and oxygen atoms in total. The molecule has 1 aromatic heterocycles. The van der Waals surface area contributed by atoms with E-state index in [1.165, 1.54) is 4.70 Å². The van der Waals surface area contributed by atoms with Crippen molar-refractivity contribution in [2.45, 2.75) is 13.8 Å². The SMILES string of the molecule is CCNC(=NCCOCC)NCCNc1nc2ccccc2s1.I. The normalized spacial score (nSPS) is 11.2. The highest BCUT2D eigenvalue weighted by atomic mass is 127. The van der Waals surface area contributed by atoms with Crippen LogP contribution in [-0.2, 0) is 4.74 Å². The summed E-state index contributed by atoms with van der Waals surface area (Å²) in [6, 6.07) is 8.16. The number of nitrogens with zero attached hydrogens (tertiary/aromatic N) is 2. The zero-order valence-corrected chi connectivity index (χ0v) is 17.3. The topological polar surface area (TPSA) is 70.6 Å². The Morgan fingerprint density at radius 1 is 1.21 bits per heavy atom. The Hall–Kier alpha value is -1.13. The van der Waals surface area contributed by atoms with Crippen LogP contribution in [0.4, 0.5) is 5.13 Å². The quantitative estimate of drug-likeness (QED) is 0.231. The third-order valence-electron chi connectivity index (χ3n) is 3.04. The second-order valence-corrected chi connectivity index (χ2v) is 5.83. The van der Waals surface area contributed by atoms with Crippen LogP contribution in [0, 0.1) is 0 Å². The van der Waals surface area contributed by atoms with Crippen molar-refractivity contribution in [3.05, 3.63) is 24.3 Å². The van der Waals surface area contributed by atoms with Gasteiger partial charge in [0.2, 0.25) is 0 Å². The number of hydrogen-bond donors (Lipinski definition) is 3. The summed E-state index contributed by atoms with van der Waals surface area (Å²) >= 11 is 1.67. The van der Waals surface area contributed by atoms with Gasteiger partial charge in [0, 0.05) is 26.2 Å². The number of hydrogen-bond acceptors (Lipinski definition) is 5. The fourth-order valence-electron chi connectivity index (χ4n) is 2.01. The van der Waals surface area contributed by atoms with Crippen molar-refractivity contribution in [3.63, 3.8) is 0 Å². The number of anilines is 1. The maximum Gasteiger partial charge on any atom is 0.191 e. The Morgan fingerprint density at radius 2 is 2.04 bits per heavy atom. The summed E-state index contributed by atoms with van der Waals surface area (Å²) in [5.41, 5.74) is 1.04. The lowest BCUT2D eigenvalue weighted by atomic mass is 10.3. The molecule has 0 saturated heterocycles. The minimum atomic E-state index is 0. The maximum absolute atomic E-state index is 5.29. The molecule has 0 radical (unpaired) electrons. The van der Waals surface area contributed by atoms with Crippen LogP contribution < -0.4 is 16.0 Å². The summed E-state index contributed by atoms with van der Waals surface area (Å²) in [7, 11) is 0. The standard InChI is InChI=1S/C16H25N5OS.HI/c1-3-17-15(19-11-12-22-4-2)18-9-10-20-16-21-13-7-5-6-8-14(13)23-16;/h5-8H,3-4,9-12H2,1-2H3,(H,20,21)(H2,17,18,19);1H. The Morgan fingerprint density at radius 3 is 2.79 bits per heavy atom. The fourth-order valence-corrected chi connectivity index (χ4v) is 2.90. The molecule has 0 spiro atoms. The number of thiazole rings is 1. The number of ether oxygens (including phenoxy) is 1. The number of para-hydroxylation sites is 1. The fraction of sp³-hybridized carbons (Fsp3) is 0.500. The van der Waals surface area contributed by atoms with Gasteiger partial charge in [0.15, 0.2) is 11.1 Å². The molecule has 2 aromatic rings. The molecule has 0 unspecified atom stereocenters. The van der Waals surface area contributed by atoms with Gasteiger partial charge in [-0.15, -0.1) is 24.0 Å². The lowest BCUT2D eigenvalue weighted by Crippen LogP contribution is -2.39. The average molecular weight is 463 g/mol. The van der Waals surface area contributed by atoms with E-state index < -0.39 is 0 Å². The molecule has 0 amide bonds. The number of nitrogens with one attached hydrogen (secondary N) is 3. The monoisotopic (exact) mass is 463 g/mol. The van der Waals surface area contributed by atoms with E-state index in [0.717, 1.165) is 42.8 Å². The molecule has 3 N–H and O–H groups in total. The molecular formula is C16H26IN5OS. The summed E-state index contributed by atoms with van der Waals surface area (Å²) in [5.74, 6) is 0.818. The van der Waals surface area contributed by atoms with Gasteiger partial charge in [0.1, 0.15) is 0 Å². The Kier molecular flexibility index (Phi) is 10.7. The third kappa shape index (κ3) is 7.18. The van der Waals surface area contributed by atoms with Crippen LogP contribution in [0.2, 0.25) is 0 Å². The highest BCUT2D eigenvalue weighted by molar-refractivity contribution is 14.0. The lowest BCUT2D eigenvalue weighted by Gasteiger charge is -2.11. The summed E-state index contributed by atoms with van der Waals surface area (Å²) in [4.78, 5) is 9.01. The zero-order chi connectivity index (χ0) is 16.3. The van der Waals surface area contributed by atoms with Crippen molar-refractivity contribution < 1.29 is 4.74 Å². The van der Waals surface area contributed by atoms with Gasteiger partial charge in [0.05, 0.1) is 23.4 Å². The minimum absolute atomic E-state index is 0. The molecule has 24 heavy (non-hydrogen) atoms. The van der Waals surface area contributed by atoms with Crippen LogP contribution in [-0.4, -0.2) is 50.3 Å². The second kappa shape index (κ2) is 12.3. The van der Waals surface area contributed by atoms with Crippen LogP contribution >= 0.6 is 35.3 Å². The first-order valence-electron chi connectivity index (χ1n) is 8.02. The Bertz CT molecular complexity index is 586. The molecular weight excluding hydrogens is 437 g/mol. The average Bonchev–Trinajstić information content (AvgIpc) is 2.98. The van der Waals surface area contributed by atoms with E-state index in [2.05, 4.69) is 38.9 Å². The van der Waals surface area contributed by atoms with E-state index in [9.17, 15) is 0 Å². The van der Waals surface area contributed by atoms with Gasteiger partial charge in [0.25, 0.3) is 0 Å². The van der Waals surface area contributed by atoms with Crippen LogP contribution in [0.3, 0.4) is 0 Å². The molecule has 1 heterocycles. The summed E-state index contributed by atoms with van der Waals surface area (Å²) in [6.07, 6.45) is 0. The molecule has 1 aromatic carbocycles. The number of rotatable bonds is 9. The van der Waals surface area contributed by atoms with E-state index in [1.807, 2.05) is 25.1 Å². The molecule has 0 bridgehead atoms. The second-order valence-electron chi connectivity index (χ2n) is 4.80. The molecule has 134 valence electrons. The van der Waals surface area contributed by atoms with Gasteiger partial charge in [-0.05, 0) is 26.0 Å². The maximum atomic E-state index is 5.29. The van der Waals surface area contributed by atoms with E-state index in [1.54, 1.807) is 11.3 Å². The van der Waals surface area contributed by atoms with E-state index in [0.29, 0.717) is 13.2 Å². The van der Waals surface area contributed by atoms with Crippen molar-refractivity contribution in [2.24, 2.45) is 4.99 Å². The highest BCUT2D eigenvalue weighted by Crippen LogP contribution is 2.24. The molecule has 0 atom stereocenters. The smallest absolute Gasteiger partial charge is 0.191 e. The number of fused-ring (bicyclic) bond motifs is 1. The summed E-state index contributed by atoms with van der Waals surface area (Å²) < 4.78 is 6.50. The van der Waals surface area contributed by atoms with Crippen LogP contribution in [0.5, 0.6) is 0 Å². The van der Waals surface area contributed by atoms with E-state index in [-0.39, 0.29) is 24.0 Å². The molecule has 8 heteroatoms. The van der Waals surface area contributed by atoms with Gasteiger partial charge in [-0.2, -0.15) is 0 Å². The van der Waals surface area contributed by atoms with Crippen molar-refractivity contribution in [1.82, 2.24) is 15.6 Å². The molecule has 0 fully saturated rings. The predicted octanol–water partition coefficient (Wildman–Crippen LogP) is 2.92. The van der Waals surface area contributed by atoms with E-state index in [4.69, 9.17) is 4.74 Å². The highest BCUT2D eigenvalue weighted by Gasteiger charge is 2.02. The number of halogens is 1. The number of guanidine groups is 1. The van der Waals surface area contributed by atoms with Gasteiger partial charge in [-0.25, -0.2) is 4.98 Å². The van der Waals surface area contributed by atoms with Crippen LogP contribution in [0.25, 0.3) is 10.2 Å². The van der Waals surface area contributed by atoms with Crippen LogP contribution in [0.15, 0.2) is 29.3 Å². The molecule has 2 rings (SSSR count). The lowest BCUT2D eigenvalue weighted by molar-refractivity contribution is 0.155.